The zero-order chi connectivity index (χ0) is 19.4. The van der Waals surface area contributed by atoms with Gasteiger partial charge in [-0.15, -0.1) is 0 Å². The van der Waals surface area contributed by atoms with Crippen LogP contribution in [-0.2, 0) is 0 Å². The van der Waals surface area contributed by atoms with Gasteiger partial charge in [-0.2, -0.15) is 0 Å². The van der Waals surface area contributed by atoms with Crippen LogP contribution in [0.15, 0.2) is 76.5 Å². The van der Waals surface area contributed by atoms with E-state index in [4.69, 9.17) is 11.6 Å². The highest BCUT2D eigenvalue weighted by Crippen LogP contribution is 2.39. The molecule has 7 heteroatoms. The van der Waals surface area contributed by atoms with Gasteiger partial charge in [0.05, 0.1) is 15.5 Å². The molecule has 0 heterocycles. The Balaban J connectivity index is 1.88. The topological polar surface area (TPSA) is 72.2 Å². The van der Waals surface area contributed by atoms with Crippen LogP contribution in [0.4, 0.5) is 11.4 Å². The number of para-hydroxylation sites is 1. The van der Waals surface area contributed by atoms with Gasteiger partial charge in [-0.1, -0.05) is 53.2 Å². The second-order valence-electron chi connectivity index (χ2n) is 5.79. The Morgan fingerprint density at radius 1 is 1.04 bits per heavy atom. The quantitative estimate of drug-likeness (QED) is 0.425. The first-order chi connectivity index (χ1) is 12.9. The van der Waals surface area contributed by atoms with Gasteiger partial charge in [0, 0.05) is 21.5 Å². The van der Waals surface area contributed by atoms with Gasteiger partial charge in [-0.25, -0.2) is 0 Å². The van der Waals surface area contributed by atoms with Gasteiger partial charge in [0.2, 0.25) is 0 Å². The van der Waals surface area contributed by atoms with Crippen molar-refractivity contribution < 1.29 is 9.72 Å². The van der Waals surface area contributed by atoms with Crippen molar-refractivity contribution in [2.45, 2.75) is 16.7 Å². The van der Waals surface area contributed by atoms with E-state index in [9.17, 15) is 14.9 Å². The molecule has 0 aromatic heterocycles. The molecule has 0 bridgehead atoms. The number of carbonyl (C=O) groups is 1. The molecule has 1 N–H and O–H groups in total. The molecule has 0 spiro atoms. The van der Waals surface area contributed by atoms with Gasteiger partial charge in [-0.05, 0) is 43.3 Å². The number of amides is 1. The van der Waals surface area contributed by atoms with Gasteiger partial charge < -0.3 is 5.32 Å². The Labute approximate surface area is 165 Å². The summed E-state index contributed by atoms with van der Waals surface area (Å²) >= 11 is 7.07. The average Bonchev–Trinajstić information content (AvgIpc) is 2.65. The van der Waals surface area contributed by atoms with E-state index in [2.05, 4.69) is 5.32 Å². The largest absolute Gasteiger partial charge is 0.321 e. The molecule has 1 amide bonds. The molecule has 5 nitrogen and oxygen atoms in total. The number of halogens is 1. The number of benzene rings is 3. The molecule has 0 fully saturated rings. The summed E-state index contributed by atoms with van der Waals surface area (Å²) in [5.41, 5.74) is 2.11. The predicted octanol–water partition coefficient (Wildman–Crippen LogP) is 5.96. The molecule has 0 aliphatic carbocycles. The summed E-state index contributed by atoms with van der Waals surface area (Å²) in [5, 5.41) is 14.5. The molecular formula is C20H15ClN2O3S. The second-order valence-corrected chi connectivity index (χ2v) is 7.31. The van der Waals surface area contributed by atoms with E-state index >= 15 is 0 Å². The number of carbonyl (C=O) groups excluding carboxylic acids is 1. The first kappa shape index (κ1) is 18.9. The van der Waals surface area contributed by atoms with Crippen LogP contribution in [0.3, 0.4) is 0 Å². The van der Waals surface area contributed by atoms with Crippen molar-refractivity contribution >= 4 is 40.6 Å². The van der Waals surface area contributed by atoms with Crippen LogP contribution in [0, 0.1) is 17.0 Å². The highest BCUT2D eigenvalue weighted by Gasteiger charge is 2.17. The summed E-state index contributed by atoms with van der Waals surface area (Å²) < 4.78 is 0. The Kier molecular flexibility index (Phi) is 5.78. The number of hydrogen-bond donors (Lipinski definition) is 1. The first-order valence-corrected chi connectivity index (χ1v) is 9.22. The van der Waals surface area contributed by atoms with Crippen molar-refractivity contribution in [1.29, 1.82) is 0 Å². The van der Waals surface area contributed by atoms with Gasteiger partial charge in [0.15, 0.2) is 0 Å². The molecule has 0 saturated carbocycles. The maximum Gasteiger partial charge on any atom is 0.284 e. The van der Waals surface area contributed by atoms with Crippen molar-refractivity contribution in [1.82, 2.24) is 0 Å². The first-order valence-electron chi connectivity index (χ1n) is 8.03. The van der Waals surface area contributed by atoms with Crippen molar-refractivity contribution in [3.05, 3.63) is 93.0 Å². The average molecular weight is 399 g/mol. The highest BCUT2D eigenvalue weighted by atomic mass is 35.5. The van der Waals surface area contributed by atoms with Crippen molar-refractivity contribution in [3.63, 3.8) is 0 Å². The second kappa shape index (κ2) is 8.24. The van der Waals surface area contributed by atoms with Crippen LogP contribution >= 0.6 is 23.4 Å². The summed E-state index contributed by atoms with van der Waals surface area (Å²) in [7, 11) is 0. The summed E-state index contributed by atoms with van der Waals surface area (Å²) in [4.78, 5) is 24.5. The fourth-order valence-electron chi connectivity index (χ4n) is 2.40. The van der Waals surface area contributed by atoms with E-state index in [0.29, 0.717) is 26.1 Å². The van der Waals surface area contributed by atoms with Gasteiger partial charge in [-0.3, -0.25) is 14.9 Å². The van der Waals surface area contributed by atoms with E-state index in [-0.39, 0.29) is 11.6 Å². The standard InChI is InChI=1S/C20H15ClN2O3S/c1-13-6-8-14(9-7-13)20(24)22-16-4-2-3-5-18(16)27-19-11-10-15(21)12-17(19)23(25)26/h2-12H,1H3,(H,22,24). The molecule has 0 atom stereocenters. The minimum Gasteiger partial charge on any atom is -0.321 e. The third-order valence-corrected chi connectivity index (χ3v) is 5.16. The lowest BCUT2D eigenvalue weighted by molar-refractivity contribution is -0.387. The summed E-state index contributed by atoms with van der Waals surface area (Å²) in [6.07, 6.45) is 0. The highest BCUT2D eigenvalue weighted by molar-refractivity contribution is 7.99. The number of nitrogens with one attached hydrogen (secondary N) is 1. The molecular weight excluding hydrogens is 384 g/mol. The SMILES string of the molecule is Cc1ccc(C(=O)Nc2ccccc2Sc2ccc(Cl)cc2[N+](=O)[O-])cc1. The van der Waals surface area contributed by atoms with Crippen molar-refractivity contribution in [2.75, 3.05) is 5.32 Å². The van der Waals surface area contributed by atoms with E-state index in [0.717, 1.165) is 5.56 Å². The molecule has 3 aromatic carbocycles. The number of anilines is 1. The lowest BCUT2D eigenvalue weighted by atomic mass is 10.1. The molecule has 27 heavy (non-hydrogen) atoms. The zero-order valence-electron chi connectivity index (χ0n) is 14.3. The molecule has 3 aromatic rings. The smallest absolute Gasteiger partial charge is 0.284 e. The van der Waals surface area contributed by atoms with Gasteiger partial charge in [0.25, 0.3) is 11.6 Å². The van der Waals surface area contributed by atoms with Crippen molar-refractivity contribution in [2.24, 2.45) is 0 Å². The number of nitro benzene ring substituents is 1. The number of nitrogens with zero attached hydrogens (tertiary/aromatic N) is 1. The minimum absolute atomic E-state index is 0.0767. The van der Waals surface area contributed by atoms with Crippen LogP contribution in [0.25, 0.3) is 0 Å². The molecule has 0 radical (unpaired) electrons. The van der Waals surface area contributed by atoms with Crippen LogP contribution in [0.5, 0.6) is 0 Å². The maximum absolute atomic E-state index is 12.5. The third-order valence-electron chi connectivity index (χ3n) is 3.79. The Hall–Kier alpha value is -2.83. The molecule has 136 valence electrons. The van der Waals surface area contributed by atoms with E-state index in [1.54, 1.807) is 42.5 Å². The zero-order valence-corrected chi connectivity index (χ0v) is 15.9. The van der Waals surface area contributed by atoms with E-state index < -0.39 is 4.92 Å². The summed E-state index contributed by atoms with van der Waals surface area (Å²) in [6.45, 7) is 1.95. The predicted molar refractivity (Wildman–Crippen MR) is 108 cm³/mol. The summed E-state index contributed by atoms with van der Waals surface area (Å²) in [5.74, 6) is -0.242. The third kappa shape index (κ3) is 4.67. The number of nitro groups is 1. The fraction of sp³-hybridized carbons (Fsp3) is 0.0500. The Morgan fingerprint density at radius 2 is 1.74 bits per heavy atom. The minimum atomic E-state index is -0.471. The molecule has 3 rings (SSSR count). The summed E-state index contributed by atoms with van der Waals surface area (Å²) in [6, 6.07) is 18.9. The van der Waals surface area contributed by atoms with Crippen molar-refractivity contribution in [3.8, 4) is 0 Å². The van der Waals surface area contributed by atoms with Crippen LogP contribution in [0.1, 0.15) is 15.9 Å². The number of hydrogen-bond acceptors (Lipinski definition) is 4. The molecule has 0 aliphatic rings. The monoisotopic (exact) mass is 398 g/mol. The van der Waals surface area contributed by atoms with Crippen LogP contribution in [-0.4, -0.2) is 10.8 Å². The fourth-order valence-corrected chi connectivity index (χ4v) is 3.55. The molecule has 0 aliphatic heterocycles. The Bertz CT molecular complexity index is 1010. The Morgan fingerprint density at radius 3 is 2.44 bits per heavy atom. The number of aryl methyl sites for hydroxylation is 1. The lowest BCUT2D eigenvalue weighted by Gasteiger charge is -2.11. The lowest BCUT2D eigenvalue weighted by Crippen LogP contribution is -2.12. The number of rotatable bonds is 5. The van der Waals surface area contributed by atoms with Crippen LogP contribution < -0.4 is 5.32 Å². The molecule has 0 saturated heterocycles. The van der Waals surface area contributed by atoms with Gasteiger partial charge in [0.1, 0.15) is 0 Å². The van der Waals surface area contributed by atoms with Crippen LogP contribution in [0.2, 0.25) is 5.02 Å². The normalized spacial score (nSPS) is 10.4. The van der Waals surface area contributed by atoms with E-state index in [1.807, 2.05) is 25.1 Å². The van der Waals surface area contributed by atoms with E-state index in [1.165, 1.54) is 17.8 Å². The molecule has 0 unspecified atom stereocenters. The van der Waals surface area contributed by atoms with Gasteiger partial charge >= 0.3 is 0 Å². The maximum atomic E-state index is 12.5.